The molecule has 2 aromatic heterocycles. The van der Waals surface area contributed by atoms with Gasteiger partial charge in [-0.25, -0.2) is 9.97 Å². The molecule has 9 heteroatoms. The van der Waals surface area contributed by atoms with E-state index in [1.165, 1.54) is 11.8 Å². The molecule has 134 valence electrons. The molecule has 3 heterocycles. The minimum atomic E-state index is -0.102. The fourth-order valence-electron chi connectivity index (χ4n) is 2.83. The lowest BCUT2D eigenvalue weighted by molar-refractivity contribution is 0.0925. The first kappa shape index (κ1) is 18.2. The minimum absolute atomic E-state index is 0.102. The van der Waals surface area contributed by atoms with Crippen molar-refractivity contribution in [3.8, 4) is 0 Å². The van der Waals surface area contributed by atoms with Crippen LogP contribution in [0.15, 0.2) is 21.9 Å². The smallest absolute Gasteiger partial charge is 0.272 e. The van der Waals surface area contributed by atoms with Gasteiger partial charge in [0.2, 0.25) is 0 Å². The first-order chi connectivity index (χ1) is 12.0. The Morgan fingerprint density at radius 1 is 1.40 bits per heavy atom. The molecule has 2 aromatic rings. The largest absolute Gasteiger partial charge is 0.355 e. The predicted octanol–water partition coefficient (Wildman–Crippen LogP) is 2.40. The Morgan fingerprint density at radius 3 is 2.72 bits per heavy atom. The summed E-state index contributed by atoms with van der Waals surface area (Å²) < 4.78 is 2.62. The molecule has 0 bridgehead atoms. The summed E-state index contributed by atoms with van der Waals surface area (Å²) in [5, 5.41) is 8.10. The molecule has 1 aliphatic rings. The van der Waals surface area contributed by atoms with Gasteiger partial charge in [0.05, 0.1) is 4.47 Å². The van der Waals surface area contributed by atoms with Crippen molar-refractivity contribution in [2.75, 3.05) is 24.2 Å². The molecule has 1 N–H and O–H groups in total. The Balaban J connectivity index is 1.59. The van der Waals surface area contributed by atoms with E-state index in [0.717, 1.165) is 47.1 Å². The van der Waals surface area contributed by atoms with Crippen molar-refractivity contribution in [2.24, 2.45) is 7.05 Å². The first-order valence-electron chi connectivity index (χ1n) is 8.11. The van der Waals surface area contributed by atoms with Crippen LogP contribution >= 0.6 is 27.7 Å². The summed E-state index contributed by atoms with van der Waals surface area (Å²) in [6.45, 7) is 3.62. The summed E-state index contributed by atoms with van der Waals surface area (Å²) in [5.41, 5.74) is 1.45. The van der Waals surface area contributed by atoms with Gasteiger partial charge in [-0.3, -0.25) is 9.48 Å². The Hall–Kier alpha value is -1.61. The molecular weight excluding hydrogens is 404 g/mol. The van der Waals surface area contributed by atoms with Crippen LogP contribution in [0.3, 0.4) is 0 Å². The third kappa shape index (κ3) is 4.14. The number of aromatic nitrogens is 4. The van der Waals surface area contributed by atoms with Crippen molar-refractivity contribution in [1.82, 2.24) is 25.1 Å². The first-order valence-corrected chi connectivity index (χ1v) is 10.1. The highest BCUT2D eigenvalue weighted by molar-refractivity contribution is 9.10. The Morgan fingerprint density at radius 2 is 2.12 bits per heavy atom. The van der Waals surface area contributed by atoms with Crippen LogP contribution in [-0.2, 0) is 7.05 Å². The number of hydrogen-bond acceptors (Lipinski definition) is 6. The summed E-state index contributed by atoms with van der Waals surface area (Å²) in [7, 11) is 1.84. The average Bonchev–Trinajstić information content (AvgIpc) is 2.95. The lowest BCUT2D eigenvalue weighted by atomic mass is 10.0. The summed E-state index contributed by atoms with van der Waals surface area (Å²) >= 11 is 5.06. The molecule has 1 fully saturated rings. The van der Waals surface area contributed by atoms with Gasteiger partial charge in [0.15, 0.2) is 5.16 Å². The number of piperidine rings is 1. The van der Waals surface area contributed by atoms with Crippen LogP contribution in [0.5, 0.6) is 0 Å². The number of halogens is 1. The van der Waals surface area contributed by atoms with E-state index in [2.05, 4.69) is 41.2 Å². The normalized spacial score (nSPS) is 15.4. The molecular formula is C16H21BrN6OS. The number of nitrogens with zero attached hydrogens (tertiary/aromatic N) is 5. The molecule has 1 amide bonds. The second-order valence-corrected chi connectivity index (χ2v) is 7.69. The maximum Gasteiger partial charge on any atom is 0.272 e. The molecule has 25 heavy (non-hydrogen) atoms. The van der Waals surface area contributed by atoms with Crippen molar-refractivity contribution in [2.45, 2.75) is 31.0 Å². The number of anilines is 1. The van der Waals surface area contributed by atoms with Crippen LogP contribution in [0, 0.1) is 6.92 Å². The van der Waals surface area contributed by atoms with Gasteiger partial charge in [-0.1, -0.05) is 11.8 Å². The quantitative estimate of drug-likeness (QED) is 0.599. The van der Waals surface area contributed by atoms with Crippen molar-refractivity contribution in [3.05, 3.63) is 28.1 Å². The average molecular weight is 425 g/mol. The van der Waals surface area contributed by atoms with Gasteiger partial charge >= 0.3 is 0 Å². The Bertz CT molecular complexity index is 752. The Labute approximate surface area is 159 Å². The third-order valence-electron chi connectivity index (χ3n) is 4.36. The number of nitrogens with one attached hydrogen (secondary N) is 1. The topological polar surface area (TPSA) is 75.9 Å². The molecule has 1 aliphatic heterocycles. The van der Waals surface area contributed by atoms with E-state index in [-0.39, 0.29) is 11.9 Å². The molecule has 0 atom stereocenters. The lowest BCUT2D eigenvalue weighted by Crippen LogP contribution is -2.45. The molecule has 0 aromatic carbocycles. The maximum atomic E-state index is 12.3. The summed E-state index contributed by atoms with van der Waals surface area (Å²) in [4.78, 5) is 23.4. The fourth-order valence-corrected chi connectivity index (χ4v) is 3.61. The van der Waals surface area contributed by atoms with E-state index in [4.69, 9.17) is 0 Å². The monoisotopic (exact) mass is 424 g/mol. The van der Waals surface area contributed by atoms with Gasteiger partial charge in [-0.05, 0) is 48.0 Å². The molecule has 0 aliphatic carbocycles. The zero-order valence-corrected chi connectivity index (χ0v) is 16.9. The zero-order valence-electron chi connectivity index (χ0n) is 14.5. The van der Waals surface area contributed by atoms with Crippen molar-refractivity contribution in [3.63, 3.8) is 0 Å². The van der Waals surface area contributed by atoms with Crippen LogP contribution in [0.2, 0.25) is 0 Å². The second-order valence-electron chi connectivity index (χ2n) is 6.06. The van der Waals surface area contributed by atoms with Gasteiger partial charge in [0.1, 0.15) is 11.5 Å². The zero-order chi connectivity index (χ0) is 18.0. The van der Waals surface area contributed by atoms with Gasteiger partial charge in [0.25, 0.3) is 5.91 Å². The van der Waals surface area contributed by atoms with E-state index < -0.39 is 0 Å². The van der Waals surface area contributed by atoms with Crippen LogP contribution in [0.4, 0.5) is 5.82 Å². The summed E-state index contributed by atoms with van der Waals surface area (Å²) in [6, 6.07) is 1.97. The third-order valence-corrected chi connectivity index (χ3v) is 5.48. The summed E-state index contributed by atoms with van der Waals surface area (Å²) in [6.07, 6.45) is 5.52. The highest BCUT2D eigenvalue weighted by Gasteiger charge is 2.24. The van der Waals surface area contributed by atoms with Crippen molar-refractivity contribution < 1.29 is 4.79 Å². The predicted molar refractivity (Wildman–Crippen MR) is 102 cm³/mol. The van der Waals surface area contributed by atoms with Gasteiger partial charge in [-0.2, -0.15) is 5.10 Å². The highest BCUT2D eigenvalue weighted by Crippen LogP contribution is 2.27. The van der Waals surface area contributed by atoms with Crippen LogP contribution < -0.4 is 10.2 Å². The lowest BCUT2D eigenvalue weighted by Gasteiger charge is -2.33. The molecule has 0 saturated carbocycles. The maximum absolute atomic E-state index is 12.3. The van der Waals surface area contributed by atoms with Gasteiger partial charge in [0, 0.05) is 38.1 Å². The minimum Gasteiger partial charge on any atom is -0.355 e. The number of carbonyl (C=O) groups excluding carboxylic acids is 1. The van der Waals surface area contributed by atoms with E-state index in [1.807, 2.05) is 26.3 Å². The van der Waals surface area contributed by atoms with Crippen molar-refractivity contribution in [1.29, 1.82) is 0 Å². The van der Waals surface area contributed by atoms with Crippen molar-refractivity contribution >= 4 is 39.4 Å². The number of aryl methyl sites for hydroxylation is 2. The number of carbonyl (C=O) groups is 1. The number of thioether (sulfide) groups is 1. The van der Waals surface area contributed by atoms with Crippen LogP contribution in [0.1, 0.15) is 29.0 Å². The standard InChI is InChI=1S/C16H21BrN6OS/c1-10-8-13(21-22(10)2)15(24)19-11-4-6-23(7-5-11)14-12(17)9-18-16(20-14)25-3/h8-9,11H,4-7H2,1-3H3,(H,19,24). The molecule has 7 nitrogen and oxygen atoms in total. The van der Waals surface area contributed by atoms with Gasteiger partial charge < -0.3 is 10.2 Å². The SMILES string of the molecule is CSc1ncc(Br)c(N2CCC(NC(=O)c3cc(C)n(C)n3)CC2)n1. The van der Waals surface area contributed by atoms with E-state index in [9.17, 15) is 4.79 Å². The van der Waals surface area contributed by atoms with Gasteiger partial charge in [-0.15, -0.1) is 0 Å². The van der Waals surface area contributed by atoms with E-state index in [0.29, 0.717) is 5.69 Å². The summed E-state index contributed by atoms with van der Waals surface area (Å²) in [5.74, 6) is 0.819. The highest BCUT2D eigenvalue weighted by atomic mass is 79.9. The molecule has 0 radical (unpaired) electrons. The number of hydrogen-bond donors (Lipinski definition) is 1. The molecule has 0 spiro atoms. The molecule has 3 rings (SSSR count). The second kappa shape index (κ2) is 7.74. The fraction of sp³-hybridized carbons (Fsp3) is 0.500. The molecule has 1 saturated heterocycles. The van der Waals surface area contributed by atoms with Crippen LogP contribution in [0.25, 0.3) is 0 Å². The van der Waals surface area contributed by atoms with Crippen LogP contribution in [-0.4, -0.2) is 51.0 Å². The number of rotatable bonds is 4. The Kier molecular flexibility index (Phi) is 5.63. The molecule has 0 unspecified atom stereocenters. The van der Waals surface area contributed by atoms with E-state index >= 15 is 0 Å². The number of amides is 1. The van der Waals surface area contributed by atoms with E-state index in [1.54, 1.807) is 10.9 Å².